The maximum Gasteiger partial charge on any atom is 0.217 e. The van der Waals surface area contributed by atoms with Crippen LogP contribution >= 0.6 is 0 Å². The minimum Gasteiger partial charge on any atom is -0.379 e. The fourth-order valence-electron chi connectivity index (χ4n) is 1.21. The molecule has 0 aromatic heterocycles. The van der Waals surface area contributed by atoms with Crippen molar-refractivity contribution in [2.45, 2.75) is 13.0 Å². The highest BCUT2D eigenvalue weighted by molar-refractivity contribution is 5.73. The lowest BCUT2D eigenvalue weighted by Gasteiger charge is -2.13. The van der Waals surface area contributed by atoms with Gasteiger partial charge < -0.3 is 10.1 Å². The van der Waals surface area contributed by atoms with Crippen molar-refractivity contribution in [1.29, 1.82) is 0 Å². The standard InChI is InChI=1S/C8H13NO2/c1-3-7-4-11-5-8(7)9-6(2)10/h3,7-8H,1,4-5H2,2H3,(H,9,10). The predicted octanol–water partition coefficient (Wildman–Crippen LogP) is 0.323. The Hall–Kier alpha value is -0.830. The molecule has 2 unspecified atom stereocenters. The SMILES string of the molecule is C=CC1COCC1NC(C)=O. The van der Waals surface area contributed by atoms with E-state index in [2.05, 4.69) is 11.9 Å². The second-order valence-electron chi connectivity index (χ2n) is 2.74. The number of nitrogens with one attached hydrogen (secondary N) is 1. The van der Waals surface area contributed by atoms with Gasteiger partial charge in [-0.05, 0) is 0 Å². The van der Waals surface area contributed by atoms with Gasteiger partial charge in [0, 0.05) is 12.8 Å². The first-order valence-electron chi connectivity index (χ1n) is 3.71. The molecule has 0 bridgehead atoms. The van der Waals surface area contributed by atoms with E-state index in [1.807, 2.05) is 6.08 Å². The zero-order valence-electron chi connectivity index (χ0n) is 6.67. The van der Waals surface area contributed by atoms with Crippen molar-refractivity contribution in [3.63, 3.8) is 0 Å². The van der Waals surface area contributed by atoms with Gasteiger partial charge in [-0.25, -0.2) is 0 Å². The molecule has 3 heteroatoms. The molecule has 1 N–H and O–H groups in total. The molecule has 0 aromatic rings. The van der Waals surface area contributed by atoms with Crippen LogP contribution in [0.2, 0.25) is 0 Å². The topological polar surface area (TPSA) is 38.3 Å². The Kier molecular flexibility index (Phi) is 2.65. The number of hydrogen-bond donors (Lipinski definition) is 1. The van der Waals surface area contributed by atoms with Gasteiger partial charge in [-0.3, -0.25) is 4.79 Å². The van der Waals surface area contributed by atoms with Gasteiger partial charge in [-0.2, -0.15) is 0 Å². The smallest absolute Gasteiger partial charge is 0.217 e. The Labute approximate surface area is 66.4 Å². The maximum absolute atomic E-state index is 10.7. The van der Waals surface area contributed by atoms with Crippen LogP contribution in [0.5, 0.6) is 0 Å². The van der Waals surface area contributed by atoms with Crippen molar-refractivity contribution >= 4 is 5.91 Å². The normalized spacial score (nSPS) is 29.9. The number of ether oxygens (including phenoxy) is 1. The molecule has 3 nitrogen and oxygen atoms in total. The quantitative estimate of drug-likeness (QED) is 0.583. The molecule has 2 atom stereocenters. The van der Waals surface area contributed by atoms with Gasteiger partial charge in [-0.15, -0.1) is 6.58 Å². The van der Waals surface area contributed by atoms with Crippen LogP contribution in [0.25, 0.3) is 0 Å². The molecule has 0 aromatic carbocycles. The van der Waals surface area contributed by atoms with Crippen molar-refractivity contribution in [3.05, 3.63) is 12.7 Å². The van der Waals surface area contributed by atoms with Crippen LogP contribution in [0.3, 0.4) is 0 Å². The highest BCUT2D eigenvalue weighted by atomic mass is 16.5. The third-order valence-electron chi connectivity index (χ3n) is 1.82. The molecule has 1 fully saturated rings. The van der Waals surface area contributed by atoms with Crippen LogP contribution in [-0.4, -0.2) is 25.2 Å². The first kappa shape index (κ1) is 8.27. The summed E-state index contributed by atoms with van der Waals surface area (Å²) in [6.45, 7) is 6.46. The van der Waals surface area contributed by atoms with E-state index >= 15 is 0 Å². The highest BCUT2D eigenvalue weighted by Gasteiger charge is 2.25. The van der Waals surface area contributed by atoms with Crippen molar-refractivity contribution in [1.82, 2.24) is 5.32 Å². The monoisotopic (exact) mass is 155 g/mol. The Morgan fingerprint density at radius 2 is 2.45 bits per heavy atom. The second kappa shape index (κ2) is 3.53. The molecular formula is C8H13NO2. The van der Waals surface area contributed by atoms with Gasteiger partial charge in [0.25, 0.3) is 0 Å². The maximum atomic E-state index is 10.7. The van der Waals surface area contributed by atoms with Crippen LogP contribution < -0.4 is 5.32 Å². The van der Waals surface area contributed by atoms with E-state index in [4.69, 9.17) is 4.74 Å². The zero-order chi connectivity index (χ0) is 8.27. The summed E-state index contributed by atoms with van der Waals surface area (Å²) in [7, 11) is 0. The summed E-state index contributed by atoms with van der Waals surface area (Å²) < 4.78 is 5.18. The largest absolute Gasteiger partial charge is 0.379 e. The van der Waals surface area contributed by atoms with Gasteiger partial charge >= 0.3 is 0 Å². The van der Waals surface area contributed by atoms with Gasteiger partial charge in [-0.1, -0.05) is 6.08 Å². The van der Waals surface area contributed by atoms with Crippen LogP contribution in [0.15, 0.2) is 12.7 Å². The molecule has 0 saturated carbocycles. The Morgan fingerprint density at radius 1 is 1.73 bits per heavy atom. The molecule has 1 aliphatic heterocycles. The minimum atomic E-state index is -0.00708. The van der Waals surface area contributed by atoms with E-state index in [0.29, 0.717) is 13.2 Å². The molecule has 0 aliphatic carbocycles. The summed E-state index contributed by atoms with van der Waals surface area (Å²) in [5.41, 5.74) is 0. The van der Waals surface area contributed by atoms with Crippen LogP contribution in [0.1, 0.15) is 6.92 Å². The van der Waals surface area contributed by atoms with Gasteiger partial charge in [0.2, 0.25) is 5.91 Å². The third-order valence-corrected chi connectivity index (χ3v) is 1.82. The number of rotatable bonds is 2. The molecule has 0 spiro atoms. The Bertz CT molecular complexity index is 167. The van der Waals surface area contributed by atoms with Crippen molar-refractivity contribution in [2.75, 3.05) is 13.2 Å². The lowest BCUT2D eigenvalue weighted by molar-refractivity contribution is -0.119. The van der Waals surface area contributed by atoms with Gasteiger partial charge in [0.05, 0.1) is 19.3 Å². The summed E-state index contributed by atoms with van der Waals surface area (Å²) in [5, 5.41) is 2.81. The summed E-state index contributed by atoms with van der Waals surface area (Å²) in [5.74, 6) is 0.270. The summed E-state index contributed by atoms with van der Waals surface area (Å²) in [4.78, 5) is 10.7. The Morgan fingerprint density at radius 3 is 3.00 bits per heavy atom. The van der Waals surface area contributed by atoms with Crippen molar-refractivity contribution in [2.24, 2.45) is 5.92 Å². The van der Waals surface area contributed by atoms with Gasteiger partial charge in [0.1, 0.15) is 0 Å². The van der Waals surface area contributed by atoms with Crippen LogP contribution in [0.4, 0.5) is 0 Å². The zero-order valence-corrected chi connectivity index (χ0v) is 6.67. The summed E-state index contributed by atoms with van der Waals surface area (Å²) in [6.07, 6.45) is 1.83. The number of carbonyl (C=O) groups is 1. The van der Waals surface area contributed by atoms with Crippen molar-refractivity contribution < 1.29 is 9.53 Å². The average Bonchev–Trinajstić information content (AvgIpc) is 2.34. The van der Waals surface area contributed by atoms with Crippen LogP contribution in [-0.2, 0) is 9.53 Å². The Balaban J connectivity index is 2.43. The molecular weight excluding hydrogens is 142 g/mol. The summed E-state index contributed by atoms with van der Waals surface area (Å²) >= 11 is 0. The molecule has 1 rings (SSSR count). The van der Waals surface area contributed by atoms with Crippen molar-refractivity contribution in [3.8, 4) is 0 Å². The molecule has 1 amide bonds. The lowest BCUT2D eigenvalue weighted by Crippen LogP contribution is -2.37. The lowest BCUT2D eigenvalue weighted by atomic mass is 10.0. The van der Waals surface area contributed by atoms with E-state index in [-0.39, 0.29) is 17.9 Å². The first-order chi connectivity index (χ1) is 5.24. The molecule has 1 saturated heterocycles. The fraction of sp³-hybridized carbons (Fsp3) is 0.625. The number of hydrogen-bond acceptors (Lipinski definition) is 2. The predicted molar refractivity (Wildman–Crippen MR) is 42.1 cm³/mol. The number of amides is 1. The second-order valence-corrected chi connectivity index (χ2v) is 2.74. The van der Waals surface area contributed by atoms with E-state index in [0.717, 1.165) is 0 Å². The van der Waals surface area contributed by atoms with Crippen LogP contribution in [0, 0.1) is 5.92 Å². The molecule has 1 aliphatic rings. The van der Waals surface area contributed by atoms with E-state index in [1.54, 1.807) is 0 Å². The molecule has 11 heavy (non-hydrogen) atoms. The highest BCUT2D eigenvalue weighted by Crippen LogP contribution is 2.13. The average molecular weight is 155 g/mol. The third kappa shape index (κ3) is 2.05. The van der Waals surface area contributed by atoms with E-state index < -0.39 is 0 Å². The molecule has 0 radical (unpaired) electrons. The number of carbonyl (C=O) groups excluding carboxylic acids is 1. The van der Waals surface area contributed by atoms with Gasteiger partial charge in [0.15, 0.2) is 0 Å². The molecule has 62 valence electrons. The summed E-state index contributed by atoms with van der Waals surface area (Å²) in [6, 6.07) is 0.130. The fourth-order valence-corrected chi connectivity index (χ4v) is 1.21. The van der Waals surface area contributed by atoms with E-state index in [1.165, 1.54) is 6.92 Å². The molecule has 1 heterocycles. The minimum absolute atomic E-state index is 0.00708. The first-order valence-corrected chi connectivity index (χ1v) is 3.71. The van der Waals surface area contributed by atoms with E-state index in [9.17, 15) is 4.79 Å².